The summed E-state index contributed by atoms with van der Waals surface area (Å²) in [4.78, 5) is 33.4. The van der Waals surface area contributed by atoms with Gasteiger partial charge in [0.1, 0.15) is 0 Å². The van der Waals surface area contributed by atoms with E-state index in [9.17, 15) is 9.59 Å². The smallest absolute Gasteiger partial charge is 0.317 e. The molecule has 1 atom stereocenters. The van der Waals surface area contributed by atoms with E-state index >= 15 is 0 Å². The lowest BCUT2D eigenvalue weighted by Crippen LogP contribution is -2.39. The number of hydrogen-bond acceptors (Lipinski definition) is 5. The van der Waals surface area contributed by atoms with Crippen LogP contribution in [0.25, 0.3) is 0 Å². The number of aromatic nitrogens is 2. The second-order valence-corrected chi connectivity index (χ2v) is 7.92. The average molecular weight is 364 g/mol. The fourth-order valence-electron chi connectivity index (χ4n) is 3.26. The fourth-order valence-corrected chi connectivity index (χ4v) is 4.35. The summed E-state index contributed by atoms with van der Waals surface area (Å²) < 4.78 is 0. The molecule has 1 aliphatic carbocycles. The summed E-state index contributed by atoms with van der Waals surface area (Å²) in [5.74, 6) is -1.27. The Morgan fingerprint density at radius 2 is 1.96 bits per heavy atom. The number of likely N-dealkylation sites (tertiary alicyclic amines) is 1. The number of nitrogens with one attached hydrogen (secondary N) is 1. The molecule has 2 amide bonds. The third kappa shape index (κ3) is 5.07. The van der Waals surface area contributed by atoms with E-state index < -0.39 is 11.9 Å². The maximum Gasteiger partial charge on any atom is 0.317 e. The molecular weight excluding hydrogens is 340 g/mol. The van der Waals surface area contributed by atoms with Crippen LogP contribution in [-0.2, 0) is 11.2 Å². The molecule has 136 valence electrons. The zero-order valence-corrected chi connectivity index (χ0v) is 15.0. The molecule has 0 spiro atoms. The van der Waals surface area contributed by atoms with Gasteiger partial charge in [-0.3, -0.25) is 4.79 Å². The number of carboxylic acid groups (broad SMARTS) is 1. The van der Waals surface area contributed by atoms with E-state index in [1.807, 2.05) is 12.4 Å². The van der Waals surface area contributed by atoms with Gasteiger partial charge in [0.15, 0.2) is 5.16 Å². The fraction of sp³-hybridized carbons (Fsp3) is 0.647. The largest absolute Gasteiger partial charge is 0.481 e. The molecule has 2 N–H and O–H groups in total. The molecule has 1 saturated heterocycles. The molecule has 1 aromatic heterocycles. The SMILES string of the molecule is O=C(O)C1CCN(C(=O)NCCc2cnc(SC3CCCC3)nc2)C1. The van der Waals surface area contributed by atoms with Gasteiger partial charge in [0, 0.05) is 37.3 Å². The number of carboxylic acids is 1. The highest BCUT2D eigenvalue weighted by molar-refractivity contribution is 7.99. The van der Waals surface area contributed by atoms with Crippen molar-refractivity contribution in [3.63, 3.8) is 0 Å². The van der Waals surface area contributed by atoms with Crippen molar-refractivity contribution in [2.75, 3.05) is 19.6 Å². The minimum absolute atomic E-state index is 0.196. The monoisotopic (exact) mass is 364 g/mol. The third-order valence-corrected chi connectivity index (χ3v) is 6.00. The van der Waals surface area contributed by atoms with Gasteiger partial charge >= 0.3 is 12.0 Å². The van der Waals surface area contributed by atoms with Crippen LogP contribution in [0.5, 0.6) is 0 Å². The first-order valence-corrected chi connectivity index (χ1v) is 9.73. The van der Waals surface area contributed by atoms with Crippen LogP contribution in [0.15, 0.2) is 17.6 Å². The summed E-state index contributed by atoms with van der Waals surface area (Å²) in [6.07, 6.45) is 9.95. The van der Waals surface area contributed by atoms with Gasteiger partial charge < -0.3 is 15.3 Å². The number of rotatable bonds is 6. The Hall–Kier alpha value is -1.83. The lowest BCUT2D eigenvalue weighted by atomic mass is 10.1. The molecule has 0 bridgehead atoms. The van der Waals surface area contributed by atoms with Gasteiger partial charge in [-0.25, -0.2) is 14.8 Å². The van der Waals surface area contributed by atoms with Crippen molar-refractivity contribution in [1.82, 2.24) is 20.2 Å². The molecule has 0 aromatic carbocycles. The number of urea groups is 1. The molecule has 2 heterocycles. The average Bonchev–Trinajstić information content (AvgIpc) is 3.28. The number of amides is 2. The minimum Gasteiger partial charge on any atom is -0.481 e. The van der Waals surface area contributed by atoms with Gasteiger partial charge in [-0.05, 0) is 31.2 Å². The standard InChI is InChI=1S/C17H24N4O3S/c22-15(23)13-6-8-21(11-13)17(24)18-7-5-12-9-19-16(20-10-12)25-14-3-1-2-4-14/h9-10,13-14H,1-8,11H2,(H,18,24)(H,22,23). The highest BCUT2D eigenvalue weighted by Crippen LogP contribution is 2.32. The Labute approximate surface area is 151 Å². The van der Waals surface area contributed by atoms with Gasteiger partial charge in [0.25, 0.3) is 0 Å². The van der Waals surface area contributed by atoms with E-state index in [0.29, 0.717) is 31.2 Å². The molecule has 7 nitrogen and oxygen atoms in total. The number of aliphatic carboxylic acids is 1. The zero-order chi connectivity index (χ0) is 17.6. The maximum absolute atomic E-state index is 12.0. The van der Waals surface area contributed by atoms with Crippen LogP contribution < -0.4 is 5.32 Å². The normalized spacial score (nSPS) is 20.8. The van der Waals surface area contributed by atoms with Crippen LogP contribution in [0.1, 0.15) is 37.7 Å². The Morgan fingerprint density at radius 1 is 1.24 bits per heavy atom. The molecule has 1 saturated carbocycles. The van der Waals surface area contributed by atoms with Crippen LogP contribution in [0.3, 0.4) is 0 Å². The van der Waals surface area contributed by atoms with Crippen LogP contribution in [0.2, 0.25) is 0 Å². The second-order valence-electron chi connectivity index (χ2n) is 6.65. The summed E-state index contributed by atoms with van der Waals surface area (Å²) in [5, 5.41) is 13.3. The number of carbonyl (C=O) groups excluding carboxylic acids is 1. The molecule has 1 aliphatic heterocycles. The highest BCUT2D eigenvalue weighted by Gasteiger charge is 2.30. The summed E-state index contributed by atoms with van der Waals surface area (Å²) in [6, 6.07) is -0.196. The van der Waals surface area contributed by atoms with E-state index in [-0.39, 0.29) is 12.6 Å². The highest BCUT2D eigenvalue weighted by atomic mass is 32.2. The summed E-state index contributed by atoms with van der Waals surface area (Å²) in [7, 11) is 0. The molecular formula is C17H24N4O3S. The summed E-state index contributed by atoms with van der Waals surface area (Å²) in [6.45, 7) is 1.28. The lowest BCUT2D eigenvalue weighted by molar-refractivity contribution is -0.141. The number of carbonyl (C=O) groups is 2. The van der Waals surface area contributed by atoms with Crippen LogP contribution in [0.4, 0.5) is 4.79 Å². The van der Waals surface area contributed by atoms with Crippen molar-refractivity contribution >= 4 is 23.8 Å². The number of hydrogen-bond donors (Lipinski definition) is 2. The number of thioether (sulfide) groups is 1. The molecule has 3 rings (SSSR count). The van der Waals surface area contributed by atoms with Gasteiger partial charge in [-0.2, -0.15) is 0 Å². The Morgan fingerprint density at radius 3 is 2.60 bits per heavy atom. The van der Waals surface area contributed by atoms with Crippen molar-refractivity contribution < 1.29 is 14.7 Å². The van der Waals surface area contributed by atoms with Gasteiger partial charge in [-0.1, -0.05) is 24.6 Å². The van der Waals surface area contributed by atoms with Crippen LogP contribution in [0, 0.1) is 5.92 Å². The van der Waals surface area contributed by atoms with Crippen LogP contribution >= 0.6 is 11.8 Å². The minimum atomic E-state index is -0.831. The third-order valence-electron chi connectivity index (χ3n) is 4.77. The molecule has 2 aliphatic rings. The van der Waals surface area contributed by atoms with E-state index in [1.165, 1.54) is 25.7 Å². The number of nitrogens with zero attached hydrogens (tertiary/aromatic N) is 3. The predicted molar refractivity (Wildman–Crippen MR) is 94.6 cm³/mol. The summed E-state index contributed by atoms with van der Waals surface area (Å²) >= 11 is 1.76. The topological polar surface area (TPSA) is 95.4 Å². The summed E-state index contributed by atoms with van der Waals surface area (Å²) in [5.41, 5.74) is 0.987. The quantitative estimate of drug-likeness (QED) is 0.751. The van der Waals surface area contributed by atoms with Crippen molar-refractivity contribution in [2.45, 2.75) is 48.9 Å². The Bertz CT molecular complexity index is 604. The Balaban J connectivity index is 1.38. The van der Waals surface area contributed by atoms with Gasteiger partial charge in [0.2, 0.25) is 0 Å². The molecule has 1 unspecified atom stereocenters. The molecule has 8 heteroatoms. The van der Waals surface area contributed by atoms with Gasteiger partial charge in [-0.15, -0.1) is 0 Å². The lowest BCUT2D eigenvalue weighted by Gasteiger charge is -2.16. The first-order chi connectivity index (χ1) is 12.1. The molecule has 1 aromatic rings. The first-order valence-electron chi connectivity index (χ1n) is 8.85. The van der Waals surface area contributed by atoms with E-state index in [0.717, 1.165) is 10.7 Å². The molecule has 2 fully saturated rings. The van der Waals surface area contributed by atoms with Crippen molar-refractivity contribution in [3.05, 3.63) is 18.0 Å². The van der Waals surface area contributed by atoms with Crippen molar-refractivity contribution in [2.24, 2.45) is 5.92 Å². The predicted octanol–water partition coefficient (Wildman–Crippen LogP) is 2.17. The van der Waals surface area contributed by atoms with Gasteiger partial charge in [0.05, 0.1) is 5.92 Å². The first kappa shape index (κ1) is 18.0. The van der Waals surface area contributed by atoms with Crippen molar-refractivity contribution in [3.8, 4) is 0 Å². The van der Waals surface area contributed by atoms with Crippen molar-refractivity contribution in [1.29, 1.82) is 0 Å². The molecule has 25 heavy (non-hydrogen) atoms. The van der Waals surface area contributed by atoms with Crippen LogP contribution in [-0.4, -0.2) is 56.9 Å². The Kier molecular flexibility index (Phi) is 6.12. The molecule has 0 radical (unpaired) electrons. The van der Waals surface area contributed by atoms with E-state index in [4.69, 9.17) is 5.11 Å². The van der Waals surface area contributed by atoms with E-state index in [1.54, 1.807) is 16.7 Å². The second kappa shape index (κ2) is 8.51. The van der Waals surface area contributed by atoms with E-state index in [2.05, 4.69) is 15.3 Å². The maximum atomic E-state index is 12.0. The zero-order valence-electron chi connectivity index (χ0n) is 14.2.